The highest BCUT2D eigenvalue weighted by atomic mass is 16.5. The summed E-state index contributed by atoms with van der Waals surface area (Å²) in [6, 6.07) is 6.80. The van der Waals surface area contributed by atoms with Gasteiger partial charge in [0.15, 0.2) is 0 Å². The van der Waals surface area contributed by atoms with Crippen LogP contribution in [0.3, 0.4) is 0 Å². The maximum Gasteiger partial charge on any atom is 0.349 e. The zero-order valence-electron chi connectivity index (χ0n) is 12.3. The Morgan fingerprint density at radius 2 is 2.05 bits per heavy atom. The predicted molar refractivity (Wildman–Crippen MR) is 80.4 cm³/mol. The lowest BCUT2D eigenvalue weighted by molar-refractivity contribution is 0.0300. The van der Waals surface area contributed by atoms with Gasteiger partial charge in [-0.15, -0.1) is 0 Å². The molecule has 1 fully saturated rings. The molecule has 0 bridgehead atoms. The van der Waals surface area contributed by atoms with Crippen LogP contribution in [0, 0.1) is 0 Å². The summed E-state index contributed by atoms with van der Waals surface area (Å²) >= 11 is 0. The van der Waals surface area contributed by atoms with Crippen molar-refractivity contribution in [1.82, 2.24) is 4.90 Å². The Morgan fingerprint density at radius 3 is 2.77 bits per heavy atom. The molecule has 0 atom stereocenters. The molecule has 0 N–H and O–H groups in total. The van der Waals surface area contributed by atoms with Gasteiger partial charge in [0, 0.05) is 24.5 Å². The van der Waals surface area contributed by atoms with Crippen molar-refractivity contribution in [1.29, 1.82) is 0 Å². The van der Waals surface area contributed by atoms with E-state index >= 15 is 0 Å². The SMILES string of the molecule is CCOc1ccc2cc(C(=O)N3CCOCC3)c(=O)oc2c1. The van der Waals surface area contributed by atoms with Crippen molar-refractivity contribution in [2.45, 2.75) is 6.92 Å². The zero-order chi connectivity index (χ0) is 15.5. The van der Waals surface area contributed by atoms with Crippen molar-refractivity contribution < 1.29 is 18.7 Å². The van der Waals surface area contributed by atoms with Crippen LogP contribution in [0.25, 0.3) is 11.0 Å². The van der Waals surface area contributed by atoms with Gasteiger partial charge < -0.3 is 18.8 Å². The van der Waals surface area contributed by atoms with E-state index in [-0.39, 0.29) is 11.5 Å². The molecule has 1 saturated heterocycles. The first-order valence-electron chi connectivity index (χ1n) is 7.27. The van der Waals surface area contributed by atoms with Crippen LogP contribution >= 0.6 is 0 Å². The molecule has 0 unspecified atom stereocenters. The van der Waals surface area contributed by atoms with E-state index in [0.717, 1.165) is 0 Å². The first-order valence-corrected chi connectivity index (χ1v) is 7.27. The number of carbonyl (C=O) groups excluding carboxylic acids is 1. The Morgan fingerprint density at radius 1 is 1.27 bits per heavy atom. The van der Waals surface area contributed by atoms with Crippen LogP contribution in [0.2, 0.25) is 0 Å². The maximum atomic E-state index is 12.4. The zero-order valence-corrected chi connectivity index (χ0v) is 12.3. The molecule has 1 aromatic heterocycles. The van der Waals surface area contributed by atoms with E-state index in [9.17, 15) is 9.59 Å². The summed E-state index contributed by atoms with van der Waals surface area (Å²) in [5.41, 5.74) is -0.161. The second-order valence-electron chi connectivity index (χ2n) is 4.98. The summed E-state index contributed by atoms with van der Waals surface area (Å²) in [4.78, 5) is 26.1. The number of nitrogens with zero attached hydrogens (tertiary/aromatic N) is 1. The molecule has 116 valence electrons. The minimum atomic E-state index is -0.627. The Hall–Kier alpha value is -2.34. The first-order chi connectivity index (χ1) is 10.7. The minimum absolute atomic E-state index is 0.0542. The quantitative estimate of drug-likeness (QED) is 0.807. The molecule has 2 heterocycles. The first kappa shape index (κ1) is 14.6. The highest BCUT2D eigenvalue weighted by Gasteiger charge is 2.22. The van der Waals surface area contributed by atoms with Crippen molar-refractivity contribution >= 4 is 16.9 Å². The second-order valence-corrected chi connectivity index (χ2v) is 4.98. The van der Waals surface area contributed by atoms with E-state index in [1.165, 1.54) is 0 Å². The molecule has 22 heavy (non-hydrogen) atoms. The minimum Gasteiger partial charge on any atom is -0.494 e. The van der Waals surface area contributed by atoms with Crippen LogP contribution in [0.4, 0.5) is 0 Å². The van der Waals surface area contributed by atoms with Crippen molar-refractivity contribution in [2.75, 3.05) is 32.9 Å². The molecule has 0 saturated carbocycles. The number of carbonyl (C=O) groups is 1. The van der Waals surface area contributed by atoms with Gasteiger partial charge in [-0.05, 0) is 25.1 Å². The molecule has 0 radical (unpaired) electrons. The van der Waals surface area contributed by atoms with Gasteiger partial charge in [0.25, 0.3) is 5.91 Å². The maximum absolute atomic E-state index is 12.4. The van der Waals surface area contributed by atoms with Gasteiger partial charge in [0.05, 0.1) is 19.8 Å². The third-order valence-corrected chi connectivity index (χ3v) is 3.55. The van der Waals surface area contributed by atoms with Crippen LogP contribution < -0.4 is 10.4 Å². The summed E-state index contributed by atoms with van der Waals surface area (Å²) in [5.74, 6) is 0.318. The van der Waals surface area contributed by atoms with Crippen LogP contribution in [0.1, 0.15) is 17.3 Å². The second kappa shape index (κ2) is 6.19. The Kier molecular flexibility index (Phi) is 4.11. The highest BCUT2D eigenvalue weighted by molar-refractivity contribution is 5.96. The average molecular weight is 303 g/mol. The Balaban J connectivity index is 1.96. The third-order valence-electron chi connectivity index (χ3n) is 3.55. The number of hydrogen-bond donors (Lipinski definition) is 0. The van der Waals surface area contributed by atoms with Crippen molar-refractivity contribution in [3.05, 3.63) is 40.2 Å². The fourth-order valence-corrected chi connectivity index (χ4v) is 2.43. The number of ether oxygens (including phenoxy) is 2. The molecular weight excluding hydrogens is 286 g/mol. The van der Waals surface area contributed by atoms with Gasteiger partial charge in [0.2, 0.25) is 0 Å². The smallest absolute Gasteiger partial charge is 0.349 e. The van der Waals surface area contributed by atoms with Gasteiger partial charge in [0.1, 0.15) is 16.9 Å². The van der Waals surface area contributed by atoms with Gasteiger partial charge in [-0.3, -0.25) is 4.79 Å². The number of benzene rings is 1. The molecule has 1 amide bonds. The number of morpholine rings is 1. The predicted octanol–water partition coefficient (Wildman–Crippen LogP) is 1.66. The molecule has 1 aliphatic heterocycles. The molecule has 1 aliphatic rings. The molecule has 0 aliphatic carbocycles. The Bertz CT molecular complexity index is 746. The third kappa shape index (κ3) is 2.82. The largest absolute Gasteiger partial charge is 0.494 e. The molecule has 2 aromatic rings. The summed E-state index contributed by atoms with van der Waals surface area (Å²) in [5, 5.41) is 0.694. The van der Waals surface area contributed by atoms with Crippen LogP contribution in [-0.4, -0.2) is 43.7 Å². The van der Waals surface area contributed by atoms with E-state index in [1.54, 1.807) is 29.2 Å². The van der Waals surface area contributed by atoms with Crippen molar-refractivity contribution in [3.8, 4) is 5.75 Å². The van der Waals surface area contributed by atoms with Crippen LogP contribution in [0.5, 0.6) is 5.75 Å². The molecule has 1 aromatic carbocycles. The monoisotopic (exact) mass is 303 g/mol. The fourth-order valence-electron chi connectivity index (χ4n) is 2.43. The molecular formula is C16H17NO5. The summed E-state index contributed by atoms with van der Waals surface area (Å²) < 4.78 is 15.9. The molecule has 6 heteroatoms. The van der Waals surface area contributed by atoms with E-state index in [2.05, 4.69) is 0 Å². The molecule has 3 rings (SSSR count). The van der Waals surface area contributed by atoms with E-state index in [0.29, 0.717) is 49.6 Å². The molecule has 0 spiro atoms. The topological polar surface area (TPSA) is 69.0 Å². The number of rotatable bonds is 3. The standard InChI is InChI=1S/C16H17NO5/c1-2-21-12-4-3-11-9-13(16(19)22-14(11)10-12)15(18)17-5-7-20-8-6-17/h3-4,9-10H,2,5-8H2,1H3. The Labute approximate surface area is 127 Å². The lowest BCUT2D eigenvalue weighted by Crippen LogP contribution is -2.42. The fraction of sp³-hybridized carbons (Fsp3) is 0.375. The normalized spacial score (nSPS) is 15.0. The lowest BCUT2D eigenvalue weighted by Gasteiger charge is -2.26. The highest BCUT2D eigenvalue weighted by Crippen LogP contribution is 2.21. The summed E-state index contributed by atoms with van der Waals surface area (Å²) in [6.45, 7) is 4.36. The lowest BCUT2D eigenvalue weighted by atomic mass is 10.1. The van der Waals surface area contributed by atoms with Crippen LogP contribution in [0.15, 0.2) is 33.5 Å². The van der Waals surface area contributed by atoms with Crippen molar-refractivity contribution in [3.63, 3.8) is 0 Å². The van der Waals surface area contributed by atoms with Crippen molar-refractivity contribution in [2.24, 2.45) is 0 Å². The van der Waals surface area contributed by atoms with Gasteiger partial charge >= 0.3 is 5.63 Å². The van der Waals surface area contributed by atoms with E-state index < -0.39 is 5.63 Å². The van der Waals surface area contributed by atoms with E-state index in [1.807, 2.05) is 6.92 Å². The van der Waals surface area contributed by atoms with E-state index in [4.69, 9.17) is 13.9 Å². The van der Waals surface area contributed by atoms with Crippen LogP contribution in [-0.2, 0) is 4.74 Å². The summed E-state index contributed by atoms with van der Waals surface area (Å²) in [7, 11) is 0. The van der Waals surface area contributed by atoms with Gasteiger partial charge in [-0.1, -0.05) is 0 Å². The van der Waals surface area contributed by atoms with Gasteiger partial charge in [-0.25, -0.2) is 4.79 Å². The summed E-state index contributed by atoms with van der Waals surface area (Å²) in [6.07, 6.45) is 0. The van der Waals surface area contributed by atoms with Gasteiger partial charge in [-0.2, -0.15) is 0 Å². The average Bonchev–Trinajstić information content (AvgIpc) is 2.54. The molecule has 6 nitrogen and oxygen atoms in total. The number of fused-ring (bicyclic) bond motifs is 1. The number of hydrogen-bond acceptors (Lipinski definition) is 5. The number of amides is 1.